The molecule has 23 heavy (non-hydrogen) atoms. The summed E-state index contributed by atoms with van der Waals surface area (Å²) in [4.78, 5) is 0. The lowest BCUT2D eigenvalue weighted by Gasteiger charge is -2.54. The number of allylic oxidation sites excluding steroid dienone is 4. The predicted molar refractivity (Wildman–Crippen MR) is 92.9 cm³/mol. The van der Waals surface area contributed by atoms with Gasteiger partial charge in [0.15, 0.2) is 0 Å². The van der Waals surface area contributed by atoms with E-state index in [0.29, 0.717) is 17.6 Å². The van der Waals surface area contributed by atoms with Crippen molar-refractivity contribution in [3.8, 4) is 0 Å². The maximum absolute atomic E-state index is 10.3. The third kappa shape index (κ3) is 2.07. The monoisotopic (exact) mass is 314 g/mol. The van der Waals surface area contributed by atoms with Gasteiger partial charge in [0.1, 0.15) is 19.4 Å². The van der Waals surface area contributed by atoms with Crippen LogP contribution in [0.1, 0.15) is 45.4 Å². The highest BCUT2D eigenvalue weighted by Gasteiger charge is 2.55. The van der Waals surface area contributed by atoms with Gasteiger partial charge in [-0.05, 0) is 61.2 Å². The Bertz CT molecular complexity index is 635. The highest BCUT2D eigenvalue weighted by molar-refractivity contribution is 6.18. The third-order valence-electron chi connectivity index (χ3n) is 7.16. The number of hydrogen-bond acceptors (Lipinski definition) is 3. The van der Waals surface area contributed by atoms with Crippen LogP contribution >= 0.6 is 0 Å². The predicted octanol–water partition coefficient (Wildman–Crippen LogP) is 3.04. The minimum absolute atomic E-state index is 0.0981. The molecule has 0 radical (unpaired) electrons. The maximum Gasteiger partial charge on any atom is 0.115 e. The summed E-state index contributed by atoms with van der Waals surface area (Å²) in [6.07, 6.45) is 9.88. The van der Waals surface area contributed by atoms with Crippen molar-refractivity contribution in [2.24, 2.45) is 17.3 Å². The van der Waals surface area contributed by atoms with E-state index in [1.165, 1.54) is 5.57 Å². The van der Waals surface area contributed by atoms with Crippen molar-refractivity contribution in [2.75, 3.05) is 7.11 Å². The summed E-state index contributed by atoms with van der Waals surface area (Å²) in [5.74, 6) is 1.96. The Labute approximate surface area is 139 Å². The topological polar surface area (TPSA) is 49.7 Å². The summed E-state index contributed by atoms with van der Waals surface area (Å²) in [7, 11) is 4.11. The summed E-state index contributed by atoms with van der Waals surface area (Å²) >= 11 is 0. The zero-order valence-corrected chi connectivity index (χ0v) is 14.4. The molecule has 2 unspecified atom stereocenters. The molecule has 2 N–H and O–H groups in total. The largest absolute Gasteiger partial charge is 0.508 e. The zero-order chi connectivity index (χ0) is 16.4. The van der Waals surface area contributed by atoms with Crippen LogP contribution in [0.3, 0.4) is 0 Å². The second kappa shape index (κ2) is 4.92. The van der Waals surface area contributed by atoms with Gasteiger partial charge in [-0.1, -0.05) is 18.1 Å². The SMILES string of the molecule is B[C@]12CC[C@]3(C)C[C@H](O)CC3=C1CCC1C=C(O)C=C(OC)C12. The van der Waals surface area contributed by atoms with Gasteiger partial charge < -0.3 is 14.9 Å². The highest BCUT2D eigenvalue weighted by Crippen LogP contribution is 2.67. The number of fused-ring (bicyclic) bond motifs is 4. The summed E-state index contributed by atoms with van der Waals surface area (Å²) in [5, 5.41) is 20.4. The molecule has 0 aromatic heterocycles. The van der Waals surface area contributed by atoms with Crippen LogP contribution in [0.5, 0.6) is 0 Å². The van der Waals surface area contributed by atoms with E-state index in [-0.39, 0.29) is 16.8 Å². The van der Waals surface area contributed by atoms with E-state index in [4.69, 9.17) is 4.74 Å². The van der Waals surface area contributed by atoms with E-state index in [1.54, 1.807) is 18.8 Å². The van der Waals surface area contributed by atoms with Crippen LogP contribution in [0, 0.1) is 17.3 Å². The fourth-order valence-corrected chi connectivity index (χ4v) is 6.09. The summed E-state index contributed by atoms with van der Waals surface area (Å²) in [5.41, 5.74) is 3.32. The molecule has 0 heterocycles. The summed E-state index contributed by atoms with van der Waals surface area (Å²) in [6, 6.07) is 0. The minimum Gasteiger partial charge on any atom is -0.508 e. The Morgan fingerprint density at radius 1 is 1.30 bits per heavy atom. The van der Waals surface area contributed by atoms with Crippen molar-refractivity contribution in [3.05, 3.63) is 34.8 Å². The summed E-state index contributed by atoms with van der Waals surface area (Å²) in [6.45, 7) is 2.34. The van der Waals surface area contributed by atoms with Crippen LogP contribution in [0.2, 0.25) is 5.31 Å². The average molecular weight is 314 g/mol. The first-order valence-electron chi connectivity index (χ1n) is 8.95. The maximum atomic E-state index is 10.3. The van der Waals surface area contributed by atoms with Gasteiger partial charge in [0, 0.05) is 12.0 Å². The average Bonchev–Trinajstić information content (AvgIpc) is 2.80. The van der Waals surface area contributed by atoms with Gasteiger partial charge in [-0.2, -0.15) is 0 Å². The lowest BCUT2D eigenvalue weighted by Crippen LogP contribution is -2.43. The molecule has 2 fully saturated rings. The number of aliphatic hydroxyl groups excluding tert-OH is 2. The van der Waals surface area contributed by atoms with Crippen LogP contribution in [0.15, 0.2) is 34.8 Å². The molecule has 0 amide bonds. The molecule has 4 aliphatic carbocycles. The second-order valence-corrected chi connectivity index (χ2v) is 8.52. The van der Waals surface area contributed by atoms with Gasteiger partial charge in [0.05, 0.1) is 13.2 Å². The van der Waals surface area contributed by atoms with Crippen LogP contribution in [-0.2, 0) is 4.74 Å². The van der Waals surface area contributed by atoms with Crippen molar-refractivity contribution in [2.45, 2.75) is 56.9 Å². The Hall–Kier alpha value is -1.16. The van der Waals surface area contributed by atoms with Crippen LogP contribution in [-0.4, -0.2) is 31.3 Å². The molecule has 0 saturated heterocycles. The van der Waals surface area contributed by atoms with E-state index in [9.17, 15) is 10.2 Å². The van der Waals surface area contributed by atoms with Gasteiger partial charge in [-0.3, -0.25) is 0 Å². The van der Waals surface area contributed by atoms with Gasteiger partial charge in [-0.15, -0.1) is 0 Å². The molecule has 4 heteroatoms. The molecule has 2 saturated carbocycles. The van der Waals surface area contributed by atoms with Gasteiger partial charge in [-0.25, -0.2) is 0 Å². The van der Waals surface area contributed by atoms with Crippen molar-refractivity contribution >= 4 is 7.85 Å². The van der Waals surface area contributed by atoms with Crippen LogP contribution < -0.4 is 0 Å². The Morgan fingerprint density at radius 2 is 2.09 bits per heavy atom. The Morgan fingerprint density at radius 3 is 2.83 bits per heavy atom. The molecule has 124 valence electrons. The van der Waals surface area contributed by atoms with Crippen molar-refractivity contribution < 1.29 is 14.9 Å². The van der Waals surface area contributed by atoms with Gasteiger partial charge >= 0.3 is 0 Å². The standard InChI is InChI=1S/C19H27BO3/c1-18-5-6-19(20)14(15(18)8-13(22)10-18)4-3-11-7-12(21)9-16(23-2)17(11)19/h7,9,11,13,17,21-22H,3-6,8,10,20H2,1-2H3/t11?,13-,17?,18-,19-/m1/s1. The first kappa shape index (κ1) is 15.4. The zero-order valence-electron chi connectivity index (χ0n) is 14.4. The van der Waals surface area contributed by atoms with E-state index in [1.807, 2.05) is 6.08 Å². The molecule has 0 aliphatic heterocycles. The van der Waals surface area contributed by atoms with E-state index in [2.05, 4.69) is 14.8 Å². The van der Waals surface area contributed by atoms with E-state index < -0.39 is 0 Å². The van der Waals surface area contributed by atoms with Gasteiger partial charge in [0.25, 0.3) is 0 Å². The van der Waals surface area contributed by atoms with Crippen molar-refractivity contribution in [1.29, 1.82) is 0 Å². The fourth-order valence-electron chi connectivity index (χ4n) is 6.09. The number of aliphatic hydroxyl groups is 2. The molecule has 5 atom stereocenters. The van der Waals surface area contributed by atoms with Crippen LogP contribution in [0.25, 0.3) is 0 Å². The number of methoxy groups -OCH3 is 1. The molecule has 4 rings (SSSR count). The van der Waals surface area contributed by atoms with E-state index in [0.717, 1.165) is 44.3 Å². The second-order valence-electron chi connectivity index (χ2n) is 8.52. The Kier molecular flexibility index (Phi) is 3.29. The lowest BCUT2D eigenvalue weighted by atomic mass is 9.42. The smallest absolute Gasteiger partial charge is 0.115 e. The quantitative estimate of drug-likeness (QED) is 0.578. The number of rotatable bonds is 1. The molecule has 0 bridgehead atoms. The fraction of sp³-hybridized carbons (Fsp3) is 0.684. The first-order valence-corrected chi connectivity index (χ1v) is 8.95. The van der Waals surface area contributed by atoms with Crippen LogP contribution in [0.4, 0.5) is 0 Å². The molecule has 0 aromatic carbocycles. The lowest BCUT2D eigenvalue weighted by molar-refractivity contribution is 0.131. The highest BCUT2D eigenvalue weighted by atomic mass is 16.5. The molecular weight excluding hydrogens is 287 g/mol. The number of ether oxygens (including phenoxy) is 1. The van der Waals surface area contributed by atoms with E-state index >= 15 is 0 Å². The first-order chi connectivity index (χ1) is 10.9. The van der Waals surface area contributed by atoms with Gasteiger partial charge in [0.2, 0.25) is 0 Å². The molecule has 3 nitrogen and oxygen atoms in total. The Balaban J connectivity index is 1.82. The summed E-state index contributed by atoms with van der Waals surface area (Å²) < 4.78 is 5.69. The van der Waals surface area contributed by atoms with Crippen molar-refractivity contribution in [3.63, 3.8) is 0 Å². The molecular formula is C19H27BO3. The van der Waals surface area contributed by atoms with Crippen molar-refractivity contribution in [1.82, 2.24) is 0 Å². The normalized spacial score (nSPS) is 45.6. The number of hydrogen-bond donors (Lipinski definition) is 2. The molecule has 4 aliphatic rings. The minimum atomic E-state index is -0.171. The molecule has 0 aromatic rings. The molecule has 0 spiro atoms. The third-order valence-corrected chi connectivity index (χ3v) is 7.16.